The minimum absolute atomic E-state index is 0.233. The molecule has 3 aromatic rings. The number of benzene rings is 2. The van der Waals surface area contributed by atoms with Crippen LogP contribution in [-0.2, 0) is 6.61 Å². The summed E-state index contributed by atoms with van der Waals surface area (Å²) in [4.78, 5) is 0. The fraction of sp³-hybridized carbons (Fsp3) is 0.125. The van der Waals surface area contributed by atoms with E-state index in [1.807, 2.05) is 43.3 Å². The largest absolute Gasteiger partial charge is 0.484 e. The van der Waals surface area contributed by atoms with E-state index >= 15 is 0 Å². The Labute approximate surface area is 127 Å². The van der Waals surface area contributed by atoms with Crippen LogP contribution in [0.4, 0.5) is 0 Å². The fourth-order valence-electron chi connectivity index (χ4n) is 1.83. The lowest BCUT2D eigenvalue weighted by Gasteiger charge is -2.02. The Morgan fingerprint density at radius 1 is 1.10 bits per heavy atom. The second kappa shape index (κ2) is 5.97. The molecule has 0 aliphatic heterocycles. The third-order valence-electron chi connectivity index (χ3n) is 2.92. The second-order valence-corrected chi connectivity index (χ2v) is 5.05. The number of hydrogen-bond acceptors (Lipinski definition) is 4. The molecule has 3 rings (SSSR count). The van der Waals surface area contributed by atoms with Gasteiger partial charge in [0, 0.05) is 10.6 Å². The van der Waals surface area contributed by atoms with E-state index in [4.69, 9.17) is 20.8 Å². The van der Waals surface area contributed by atoms with Crippen LogP contribution in [-0.4, -0.2) is 10.2 Å². The Morgan fingerprint density at radius 2 is 1.90 bits per heavy atom. The minimum Gasteiger partial charge on any atom is -0.484 e. The van der Waals surface area contributed by atoms with E-state index in [1.165, 1.54) is 5.56 Å². The molecule has 106 valence electrons. The minimum atomic E-state index is 0.233. The van der Waals surface area contributed by atoms with Gasteiger partial charge in [0.25, 0.3) is 5.89 Å². The lowest BCUT2D eigenvalue weighted by Crippen LogP contribution is -1.95. The van der Waals surface area contributed by atoms with Crippen molar-refractivity contribution in [1.29, 1.82) is 0 Å². The number of aryl methyl sites for hydroxylation is 1. The van der Waals surface area contributed by atoms with Crippen LogP contribution in [0.5, 0.6) is 5.75 Å². The molecule has 1 aromatic heterocycles. The van der Waals surface area contributed by atoms with Crippen molar-refractivity contribution < 1.29 is 9.15 Å². The molecular formula is C16H13ClN2O2. The zero-order chi connectivity index (χ0) is 14.7. The summed E-state index contributed by atoms with van der Waals surface area (Å²) in [6.07, 6.45) is 0. The monoisotopic (exact) mass is 300 g/mol. The Kier molecular flexibility index (Phi) is 3.88. The summed E-state index contributed by atoms with van der Waals surface area (Å²) in [6, 6.07) is 15.1. The van der Waals surface area contributed by atoms with Crippen LogP contribution in [0.15, 0.2) is 52.9 Å². The van der Waals surface area contributed by atoms with Crippen LogP contribution in [0.25, 0.3) is 11.5 Å². The van der Waals surface area contributed by atoms with E-state index < -0.39 is 0 Å². The summed E-state index contributed by atoms with van der Waals surface area (Å²) in [5.41, 5.74) is 1.97. The van der Waals surface area contributed by atoms with Gasteiger partial charge in [-0.05, 0) is 37.3 Å². The maximum Gasteiger partial charge on any atom is 0.254 e. The van der Waals surface area contributed by atoms with Gasteiger partial charge in [0.05, 0.1) is 0 Å². The summed E-state index contributed by atoms with van der Waals surface area (Å²) in [7, 11) is 0. The lowest BCUT2D eigenvalue weighted by atomic mass is 10.2. The highest BCUT2D eigenvalue weighted by molar-refractivity contribution is 6.30. The first kappa shape index (κ1) is 13.6. The van der Waals surface area contributed by atoms with Gasteiger partial charge in [0.15, 0.2) is 6.61 Å². The van der Waals surface area contributed by atoms with Gasteiger partial charge in [-0.2, -0.15) is 0 Å². The molecule has 0 radical (unpaired) electrons. The first-order valence-electron chi connectivity index (χ1n) is 6.48. The fourth-order valence-corrected chi connectivity index (χ4v) is 2.02. The second-order valence-electron chi connectivity index (χ2n) is 4.61. The van der Waals surface area contributed by atoms with Crippen molar-refractivity contribution in [2.24, 2.45) is 0 Å². The SMILES string of the molecule is Cc1ccc(OCc2nnc(-c3cccc(Cl)c3)o2)cc1. The highest BCUT2D eigenvalue weighted by atomic mass is 35.5. The van der Waals surface area contributed by atoms with Crippen molar-refractivity contribution in [2.45, 2.75) is 13.5 Å². The summed E-state index contributed by atoms with van der Waals surface area (Å²) < 4.78 is 11.2. The molecule has 0 atom stereocenters. The zero-order valence-corrected chi connectivity index (χ0v) is 12.2. The molecular weight excluding hydrogens is 288 g/mol. The summed E-state index contributed by atoms with van der Waals surface area (Å²) in [6.45, 7) is 2.26. The van der Waals surface area contributed by atoms with Gasteiger partial charge < -0.3 is 9.15 Å². The Morgan fingerprint density at radius 3 is 2.67 bits per heavy atom. The molecule has 0 aliphatic rings. The number of nitrogens with zero attached hydrogens (tertiary/aromatic N) is 2. The number of rotatable bonds is 4. The number of halogens is 1. The van der Waals surface area contributed by atoms with Crippen LogP contribution in [0.3, 0.4) is 0 Å². The molecule has 0 bridgehead atoms. The molecule has 0 spiro atoms. The molecule has 0 saturated heterocycles. The first-order chi connectivity index (χ1) is 10.2. The van der Waals surface area contributed by atoms with E-state index in [9.17, 15) is 0 Å². The van der Waals surface area contributed by atoms with Crippen LogP contribution < -0.4 is 4.74 Å². The van der Waals surface area contributed by atoms with Gasteiger partial charge in [-0.15, -0.1) is 10.2 Å². The van der Waals surface area contributed by atoms with Crippen LogP contribution in [0.1, 0.15) is 11.5 Å². The standard InChI is InChI=1S/C16H13ClN2O2/c1-11-5-7-14(8-6-11)20-10-15-18-19-16(21-15)12-3-2-4-13(17)9-12/h2-9H,10H2,1H3. The van der Waals surface area contributed by atoms with Gasteiger partial charge in [0.2, 0.25) is 5.89 Å². The third-order valence-corrected chi connectivity index (χ3v) is 3.16. The van der Waals surface area contributed by atoms with Gasteiger partial charge in [0.1, 0.15) is 5.75 Å². The first-order valence-corrected chi connectivity index (χ1v) is 6.86. The smallest absolute Gasteiger partial charge is 0.254 e. The molecule has 0 saturated carbocycles. The van der Waals surface area contributed by atoms with E-state index in [1.54, 1.807) is 12.1 Å². The zero-order valence-electron chi connectivity index (χ0n) is 11.4. The number of ether oxygens (including phenoxy) is 1. The van der Waals surface area contributed by atoms with Crippen LogP contribution in [0.2, 0.25) is 5.02 Å². The summed E-state index contributed by atoms with van der Waals surface area (Å²) in [5, 5.41) is 8.60. The van der Waals surface area contributed by atoms with Crippen molar-refractivity contribution >= 4 is 11.6 Å². The van der Waals surface area contributed by atoms with Gasteiger partial charge >= 0.3 is 0 Å². The van der Waals surface area contributed by atoms with Crippen LogP contribution >= 0.6 is 11.6 Å². The summed E-state index contributed by atoms with van der Waals surface area (Å²) >= 11 is 5.94. The average Bonchev–Trinajstić information content (AvgIpc) is 2.96. The quantitative estimate of drug-likeness (QED) is 0.721. The summed E-state index contributed by atoms with van der Waals surface area (Å²) in [5.74, 6) is 1.62. The average molecular weight is 301 g/mol. The molecule has 0 N–H and O–H groups in total. The maximum atomic E-state index is 5.94. The predicted molar refractivity (Wildman–Crippen MR) is 80.3 cm³/mol. The molecule has 0 aliphatic carbocycles. The van der Waals surface area contributed by atoms with E-state index in [-0.39, 0.29) is 6.61 Å². The maximum absolute atomic E-state index is 5.94. The number of hydrogen-bond donors (Lipinski definition) is 0. The Balaban J connectivity index is 1.69. The number of aromatic nitrogens is 2. The van der Waals surface area contributed by atoms with Gasteiger partial charge in [-0.3, -0.25) is 0 Å². The normalized spacial score (nSPS) is 10.6. The molecule has 0 unspecified atom stereocenters. The van der Waals surface area contributed by atoms with Gasteiger partial charge in [-0.25, -0.2) is 0 Å². The van der Waals surface area contributed by atoms with Crippen molar-refractivity contribution in [3.8, 4) is 17.2 Å². The Bertz CT molecular complexity index is 738. The van der Waals surface area contributed by atoms with E-state index in [0.717, 1.165) is 11.3 Å². The highest BCUT2D eigenvalue weighted by Gasteiger charge is 2.09. The third kappa shape index (κ3) is 3.41. The Hall–Kier alpha value is -2.33. The van der Waals surface area contributed by atoms with Gasteiger partial charge in [-0.1, -0.05) is 35.4 Å². The molecule has 4 nitrogen and oxygen atoms in total. The van der Waals surface area contributed by atoms with Crippen molar-refractivity contribution in [3.63, 3.8) is 0 Å². The lowest BCUT2D eigenvalue weighted by molar-refractivity contribution is 0.264. The van der Waals surface area contributed by atoms with Crippen molar-refractivity contribution in [2.75, 3.05) is 0 Å². The highest BCUT2D eigenvalue weighted by Crippen LogP contribution is 2.22. The molecule has 2 aromatic carbocycles. The molecule has 1 heterocycles. The molecule has 0 fully saturated rings. The molecule has 21 heavy (non-hydrogen) atoms. The van der Waals surface area contributed by atoms with Crippen molar-refractivity contribution in [3.05, 3.63) is 65.0 Å². The molecule has 0 amide bonds. The predicted octanol–water partition coefficient (Wildman–Crippen LogP) is 4.28. The molecule has 5 heteroatoms. The van der Waals surface area contributed by atoms with Crippen molar-refractivity contribution in [1.82, 2.24) is 10.2 Å². The van der Waals surface area contributed by atoms with Crippen LogP contribution in [0, 0.1) is 6.92 Å². The van der Waals surface area contributed by atoms with E-state index in [0.29, 0.717) is 16.8 Å². The topological polar surface area (TPSA) is 48.2 Å². The van der Waals surface area contributed by atoms with E-state index in [2.05, 4.69) is 10.2 Å².